The van der Waals surface area contributed by atoms with Crippen LogP contribution in [0, 0.1) is 0 Å². The maximum Gasteiger partial charge on any atom is 0.367 e. The van der Waals surface area contributed by atoms with Crippen molar-refractivity contribution < 1.29 is 19.2 Å². The predicted octanol–water partition coefficient (Wildman–Crippen LogP) is 1.35. The van der Waals surface area contributed by atoms with E-state index >= 15 is 0 Å². The van der Waals surface area contributed by atoms with Crippen molar-refractivity contribution in [2.45, 2.75) is 13.3 Å². The van der Waals surface area contributed by atoms with E-state index in [0.29, 0.717) is 17.2 Å². The minimum Gasteiger partial charge on any atom is -0.324 e. The molecule has 0 bridgehead atoms. The summed E-state index contributed by atoms with van der Waals surface area (Å²) in [5, 5.41) is 4.63. The van der Waals surface area contributed by atoms with Gasteiger partial charge in [0, 0.05) is 13.2 Å². The van der Waals surface area contributed by atoms with E-state index in [-0.39, 0.29) is 16.7 Å². The van der Waals surface area contributed by atoms with Crippen molar-refractivity contribution in [2.24, 2.45) is 7.05 Å². The zero-order chi connectivity index (χ0) is 15.9. The minimum absolute atomic E-state index is 0.224. The lowest BCUT2D eigenvalue weighted by Crippen LogP contribution is -2.32. The Labute approximate surface area is 126 Å². The second-order valence-electron chi connectivity index (χ2n) is 4.85. The molecule has 0 radical (unpaired) electrons. The van der Waals surface area contributed by atoms with Crippen LogP contribution in [-0.2, 0) is 18.3 Å². The lowest BCUT2D eigenvalue weighted by molar-refractivity contribution is -0.0585. The molecular formula is C15H13N3O4. The van der Waals surface area contributed by atoms with Gasteiger partial charge < -0.3 is 4.84 Å². The molecule has 0 N–H and O–H groups in total. The minimum atomic E-state index is -0.778. The number of hydrogen-bond acceptors (Lipinski definition) is 5. The molecule has 0 atom stereocenters. The molecule has 0 fully saturated rings. The summed E-state index contributed by atoms with van der Waals surface area (Å²) < 4.78 is 1.48. The summed E-state index contributed by atoms with van der Waals surface area (Å²) in [6.07, 6.45) is 2.03. The molecule has 1 aliphatic heterocycles. The molecule has 0 saturated carbocycles. The van der Waals surface area contributed by atoms with Gasteiger partial charge in [-0.15, -0.1) is 0 Å². The van der Waals surface area contributed by atoms with Crippen molar-refractivity contribution in [3.63, 3.8) is 0 Å². The average Bonchev–Trinajstić information content (AvgIpc) is 3.01. The zero-order valence-electron chi connectivity index (χ0n) is 12.1. The summed E-state index contributed by atoms with van der Waals surface area (Å²) in [6.45, 7) is 1.85. The van der Waals surface area contributed by atoms with Crippen LogP contribution in [0.4, 0.5) is 0 Å². The van der Waals surface area contributed by atoms with Gasteiger partial charge >= 0.3 is 5.97 Å². The largest absolute Gasteiger partial charge is 0.367 e. The first kappa shape index (κ1) is 14.0. The fourth-order valence-electron chi connectivity index (χ4n) is 2.35. The molecule has 1 aromatic heterocycles. The molecule has 2 heterocycles. The van der Waals surface area contributed by atoms with Gasteiger partial charge in [-0.1, -0.05) is 24.1 Å². The van der Waals surface area contributed by atoms with Crippen LogP contribution in [0.1, 0.15) is 43.7 Å². The SMILES string of the molecule is CCc1nn(C)cc1C(=O)ON1C(=O)c2ccccc2C1=O. The van der Waals surface area contributed by atoms with E-state index in [9.17, 15) is 14.4 Å². The second-order valence-corrected chi connectivity index (χ2v) is 4.85. The Morgan fingerprint density at radius 1 is 1.18 bits per heavy atom. The lowest BCUT2D eigenvalue weighted by atomic mass is 10.1. The standard InChI is InChI=1S/C15H13N3O4/c1-3-12-11(8-17(2)16-12)15(21)22-18-13(19)9-6-4-5-7-10(9)14(18)20/h4-8H,3H2,1-2H3. The Morgan fingerprint density at radius 3 is 2.32 bits per heavy atom. The number of fused-ring (bicyclic) bond motifs is 1. The third-order valence-corrected chi connectivity index (χ3v) is 3.39. The normalized spacial score (nSPS) is 13.5. The number of hydrogen-bond donors (Lipinski definition) is 0. The van der Waals surface area contributed by atoms with Crippen LogP contribution < -0.4 is 0 Å². The monoisotopic (exact) mass is 299 g/mol. The number of carbonyl (C=O) groups excluding carboxylic acids is 3. The smallest absolute Gasteiger partial charge is 0.324 e. The molecule has 2 aromatic rings. The summed E-state index contributed by atoms with van der Waals surface area (Å²) in [5.41, 5.74) is 1.23. The summed E-state index contributed by atoms with van der Waals surface area (Å²) in [4.78, 5) is 41.5. The number of aryl methyl sites for hydroxylation is 2. The number of nitrogens with zero attached hydrogens (tertiary/aromatic N) is 3. The van der Waals surface area contributed by atoms with Crippen LogP contribution >= 0.6 is 0 Å². The van der Waals surface area contributed by atoms with E-state index < -0.39 is 17.8 Å². The molecule has 0 aliphatic carbocycles. The predicted molar refractivity (Wildman–Crippen MR) is 74.9 cm³/mol. The van der Waals surface area contributed by atoms with E-state index in [1.54, 1.807) is 19.2 Å². The van der Waals surface area contributed by atoms with E-state index in [1.807, 2.05) is 6.92 Å². The second kappa shape index (κ2) is 5.10. The Morgan fingerprint density at radius 2 is 1.77 bits per heavy atom. The molecule has 112 valence electrons. The quantitative estimate of drug-likeness (QED) is 0.799. The topological polar surface area (TPSA) is 81.5 Å². The molecule has 0 saturated heterocycles. The number of imide groups is 1. The van der Waals surface area contributed by atoms with Gasteiger partial charge in [0.05, 0.1) is 16.8 Å². The highest BCUT2D eigenvalue weighted by atomic mass is 16.7. The highest BCUT2D eigenvalue weighted by Crippen LogP contribution is 2.23. The van der Waals surface area contributed by atoms with Crippen molar-refractivity contribution >= 4 is 17.8 Å². The van der Waals surface area contributed by atoms with Gasteiger partial charge in [-0.05, 0) is 18.6 Å². The van der Waals surface area contributed by atoms with Crippen LogP contribution in [-0.4, -0.2) is 32.6 Å². The summed E-state index contributed by atoms with van der Waals surface area (Å²) in [7, 11) is 1.68. The molecule has 0 spiro atoms. The van der Waals surface area contributed by atoms with Crippen LogP contribution in [0.3, 0.4) is 0 Å². The van der Waals surface area contributed by atoms with Crippen LogP contribution in [0.25, 0.3) is 0 Å². The fourth-order valence-corrected chi connectivity index (χ4v) is 2.35. The Hall–Kier alpha value is -2.96. The fraction of sp³-hybridized carbons (Fsp3) is 0.200. The van der Waals surface area contributed by atoms with Crippen LogP contribution in [0.15, 0.2) is 30.5 Å². The Bertz CT molecular complexity index is 759. The molecule has 7 nitrogen and oxygen atoms in total. The first-order chi connectivity index (χ1) is 10.5. The number of amides is 2. The van der Waals surface area contributed by atoms with Crippen LogP contribution in [0.5, 0.6) is 0 Å². The maximum atomic E-state index is 12.2. The number of carbonyl (C=O) groups is 3. The number of benzene rings is 1. The lowest BCUT2D eigenvalue weighted by Gasteiger charge is -2.12. The first-order valence-corrected chi connectivity index (χ1v) is 6.75. The Kier molecular flexibility index (Phi) is 3.25. The molecule has 1 aromatic carbocycles. The zero-order valence-corrected chi connectivity index (χ0v) is 12.1. The van der Waals surface area contributed by atoms with Crippen molar-refractivity contribution in [3.05, 3.63) is 52.8 Å². The molecule has 1 aliphatic rings. The van der Waals surface area contributed by atoms with Gasteiger partial charge in [-0.3, -0.25) is 14.3 Å². The van der Waals surface area contributed by atoms with E-state index in [2.05, 4.69) is 5.10 Å². The van der Waals surface area contributed by atoms with Crippen molar-refractivity contribution in [3.8, 4) is 0 Å². The highest BCUT2D eigenvalue weighted by Gasteiger charge is 2.39. The Balaban J connectivity index is 1.87. The molecule has 3 rings (SSSR count). The van der Waals surface area contributed by atoms with E-state index in [0.717, 1.165) is 0 Å². The van der Waals surface area contributed by atoms with Gasteiger partial charge in [-0.2, -0.15) is 5.10 Å². The van der Waals surface area contributed by atoms with E-state index in [1.165, 1.54) is 23.0 Å². The number of hydroxylamine groups is 2. The maximum absolute atomic E-state index is 12.2. The molecule has 22 heavy (non-hydrogen) atoms. The van der Waals surface area contributed by atoms with Gasteiger partial charge in [0.2, 0.25) is 0 Å². The van der Waals surface area contributed by atoms with E-state index in [4.69, 9.17) is 4.84 Å². The highest BCUT2D eigenvalue weighted by molar-refractivity contribution is 6.21. The van der Waals surface area contributed by atoms with Gasteiger partial charge in [-0.25, -0.2) is 4.79 Å². The van der Waals surface area contributed by atoms with Crippen molar-refractivity contribution in [2.75, 3.05) is 0 Å². The first-order valence-electron chi connectivity index (χ1n) is 6.75. The molecule has 2 amide bonds. The van der Waals surface area contributed by atoms with Crippen molar-refractivity contribution in [1.82, 2.24) is 14.8 Å². The van der Waals surface area contributed by atoms with Crippen molar-refractivity contribution in [1.29, 1.82) is 0 Å². The number of aromatic nitrogens is 2. The number of rotatable bonds is 3. The summed E-state index contributed by atoms with van der Waals surface area (Å²) in [5.74, 6) is -2.06. The summed E-state index contributed by atoms with van der Waals surface area (Å²) in [6, 6.07) is 6.33. The molecule has 7 heteroatoms. The summed E-state index contributed by atoms with van der Waals surface area (Å²) >= 11 is 0. The van der Waals surface area contributed by atoms with Gasteiger partial charge in [0.25, 0.3) is 11.8 Å². The molecular weight excluding hydrogens is 286 g/mol. The third-order valence-electron chi connectivity index (χ3n) is 3.39. The third kappa shape index (κ3) is 2.07. The average molecular weight is 299 g/mol. The van der Waals surface area contributed by atoms with Gasteiger partial charge in [0.15, 0.2) is 0 Å². The van der Waals surface area contributed by atoms with Crippen LogP contribution in [0.2, 0.25) is 0 Å². The molecule has 0 unspecified atom stereocenters. The van der Waals surface area contributed by atoms with Gasteiger partial charge in [0.1, 0.15) is 5.56 Å².